The summed E-state index contributed by atoms with van der Waals surface area (Å²) in [6.45, 7) is 7.27. The molecule has 0 aliphatic heterocycles. The van der Waals surface area contributed by atoms with Gasteiger partial charge in [-0.15, -0.1) is 0 Å². The molecule has 0 spiro atoms. The minimum absolute atomic E-state index is 0.244. The summed E-state index contributed by atoms with van der Waals surface area (Å²) >= 11 is 3.13. The largest absolute Gasteiger partial charge is 0.463 e. The highest BCUT2D eigenvalue weighted by molar-refractivity contribution is 9.09. The van der Waals surface area contributed by atoms with Crippen molar-refractivity contribution < 1.29 is 19.1 Å². The maximum Gasteiger partial charge on any atom is 0.335 e. The fourth-order valence-corrected chi connectivity index (χ4v) is 1.21. The monoisotopic (exact) mass is 292 g/mol. The van der Waals surface area contributed by atoms with Gasteiger partial charge in [0.15, 0.2) is 0 Å². The maximum absolute atomic E-state index is 11.6. The standard InChI is InChI=1S/C11H17BrO4/c1-5-15-9(13)6-8(7-12)10(14)16-11(2,3)4/h6H,5,7H2,1-4H3/b8-6+. The molecule has 0 amide bonds. The first-order valence-electron chi connectivity index (χ1n) is 4.96. The zero-order valence-corrected chi connectivity index (χ0v) is 11.6. The summed E-state index contributed by atoms with van der Waals surface area (Å²) in [7, 11) is 0. The topological polar surface area (TPSA) is 52.6 Å². The van der Waals surface area contributed by atoms with Gasteiger partial charge in [-0.1, -0.05) is 15.9 Å². The first kappa shape index (κ1) is 15.2. The smallest absolute Gasteiger partial charge is 0.335 e. The van der Waals surface area contributed by atoms with Crippen molar-refractivity contribution in [3.63, 3.8) is 0 Å². The lowest BCUT2D eigenvalue weighted by Crippen LogP contribution is -2.25. The van der Waals surface area contributed by atoms with Crippen LogP contribution in [0.5, 0.6) is 0 Å². The minimum Gasteiger partial charge on any atom is -0.463 e. The van der Waals surface area contributed by atoms with Crippen molar-refractivity contribution >= 4 is 27.9 Å². The molecule has 92 valence electrons. The van der Waals surface area contributed by atoms with Crippen LogP contribution in [0.1, 0.15) is 27.7 Å². The van der Waals surface area contributed by atoms with Gasteiger partial charge in [0.05, 0.1) is 12.2 Å². The van der Waals surface area contributed by atoms with Gasteiger partial charge < -0.3 is 9.47 Å². The van der Waals surface area contributed by atoms with Crippen LogP contribution < -0.4 is 0 Å². The van der Waals surface area contributed by atoms with Crippen LogP contribution in [0.4, 0.5) is 0 Å². The van der Waals surface area contributed by atoms with E-state index in [9.17, 15) is 9.59 Å². The van der Waals surface area contributed by atoms with E-state index in [0.29, 0.717) is 0 Å². The molecule has 0 aliphatic carbocycles. The van der Waals surface area contributed by atoms with Gasteiger partial charge in [-0.3, -0.25) is 0 Å². The summed E-state index contributed by atoms with van der Waals surface area (Å²) in [5, 5.41) is 0.251. The molecule has 0 bridgehead atoms. The lowest BCUT2D eigenvalue weighted by molar-refractivity contribution is -0.150. The van der Waals surface area contributed by atoms with E-state index in [1.807, 2.05) is 0 Å². The van der Waals surface area contributed by atoms with E-state index in [4.69, 9.17) is 9.47 Å². The average molecular weight is 293 g/mol. The summed E-state index contributed by atoms with van der Waals surface area (Å²) in [6.07, 6.45) is 1.15. The van der Waals surface area contributed by atoms with Crippen LogP contribution in [0, 0.1) is 0 Å². The highest BCUT2D eigenvalue weighted by atomic mass is 79.9. The second kappa shape index (κ2) is 6.68. The van der Waals surface area contributed by atoms with Crippen molar-refractivity contribution in [1.29, 1.82) is 0 Å². The number of hydrogen-bond donors (Lipinski definition) is 0. The molecule has 0 saturated carbocycles. The van der Waals surface area contributed by atoms with Crippen molar-refractivity contribution in [3.8, 4) is 0 Å². The number of carbonyl (C=O) groups is 2. The third-order valence-corrected chi connectivity index (χ3v) is 1.99. The molecule has 0 atom stereocenters. The Morgan fingerprint density at radius 2 is 1.88 bits per heavy atom. The number of esters is 2. The number of ether oxygens (including phenoxy) is 2. The normalized spacial score (nSPS) is 12.2. The summed E-state index contributed by atoms with van der Waals surface area (Å²) < 4.78 is 9.84. The molecule has 0 heterocycles. The van der Waals surface area contributed by atoms with Crippen molar-refractivity contribution in [2.45, 2.75) is 33.3 Å². The predicted molar refractivity (Wildman–Crippen MR) is 64.4 cm³/mol. The third-order valence-electron chi connectivity index (χ3n) is 1.38. The van der Waals surface area contributed by atoms with Crippen molar-refractivity contribution in [2.24, 2.45) is 0 Å². The molecule has 0 saturated heterocycles. The van der Waals surface area contributed by atoms with E-state index in [1.165, 1.54) is 0 Å². The zero-order valence-electron chi connectivity index (χ0n) is 10.0. The molecule has 0 fully saturated rings. The Morgan fingerprint density at radius 1 is 1.31 bits per heavy atom. The molecular formula is C11H17BrO4. The van der Waals surface area contributed by atoms with Crippen LogP contribution in [0.15, 0.2) is 11.6 Å². The van der Waals surface area contributed by atoms with Gasteiger partial charge in [0.1, 0.15) is 5.60 Å². The lowest BCUT2D eigenvalue weighted by atomic mass is 10.2. The maximum atomic E-state index is 11.6. The molecule has 0 aromatic rings. The van der Waals surface area contributed by atoms with E-state index in [-0.39, 0.29) is 17.5 Å². The highest BCUT2D eigenvalue weighted by Crippen LogP contribution is 2.12. The van der Waals surface area contributed by atoms with Gasteiger partial charge in [-0.2, -0.15) is 0 Å². The van der Waals surface area contributed by atoms with Gasteiger partial charge in [0, 0.05) is 11.4 Å². The Labute approximate surface area is 104 Å². The molecule has 0 aliphatic rings. The van der Waals surface area contributed by atoms with E-state index in [0.717, 1.165) is 6.08 Å². The molecule has 0 N–H and O–H groups in total. The first-order valence-corrected chi connectivity index (χ1v) is 6.09. The van der Waals surface area contributed by atoms with Crippen LogP contribution in [0.3, 0.4) is 0 Å². The van der Waals surface area contributed by atoms with E-state index < -0.39 is 17.5 Å². The molecule has 0 rings (SSSR count). The Morgan fingerprint density at radius 3 is 2.25 bits per heavy atom. The van der Waals surface area contributed by atoms with E-state index >= 15 is 0 Å². The Kier molecular flexibility index (Phi) is 6.33. The Balaban J connectivity index is 4.61. The number of alkyl halides is 1. The van der Waals surface area contributed by atoms with Crippen LogP contribution >= 0.6 is 15.9 Å². The second-order valence-electron chi connectivity index (χ2n) is 4.06. The minimum atomic E-state index is -0.576. The van der Waals surface area contributed by atoms with Gasteiger partial charge in [-0.05, 0) is 27.7 Å². The van der Waals surface area contributed by atoms with Crippen LogP contribution in [-0.2, 0) is 19.1 Å². The summed E-state index contributed by atoms with van der Waals surface area (Å²) in [5.41, 5.74) is -0.333. The summed E-state index contributed by atoms with van der Waals surface area (Å²) in [5.74, 6) is -1.06. The van der Waals surface area contributed by atoms with Gasteiger partial charge in [0.25, 0.3) is 0 Å². The van der Waals surface area contributed by atoms with Crippen LogP contribution in [0.2, 0.25) is 0 Å². The number of hydrogen-bond acceptors (Lipinski definition) is 4. The SMILES string of the molecule is CCOC(=O)/C=C(\CBr)C(=O)OC(C)(C)C. The number of halogens is 1. The molecule has 5 heteroatoms. The van der Waals surface area contributed by atoms with Crippen LogP contribution in [0.25, 0.3) is 0 Å². The van der Waals surface area contributed by atoms with Gasteiger partial charge in [0.2, 0.25) is 0 Å². The number of carbonyl (C=O) groups excluding carboxylic acids is 2. The third kappa shape index (κ3) is 6.61. The average Bonchev–Trinajstić information content (AvgIpc) is 2.11. The second-order valence-corrected chi connectivity index (χ2v) is 4.62. The summed E-state index contributed by atoms with van der Waals surface area (Å²) in [4.78, 5) is 22.8. The van der Waals surface area contributed by atoms with Gasteiger partial charge >= 0.3 is 11.9 Å². The molecule has 0 radical (unpaired) electrons. The van der Waals surface area contributed by atoms with Crippen molar-refractivity contribution in [2.75, 3.05) is 11.9 Å². The Bertz CT molecular complexity index is 289. The first-order chi connectivity index (χ1) is 7.30. The van der Waals surface area contributed by atoms with Crippen LogP contribution in [-0.4, -0.2) is 29.5 Å². The fourth-order valence-electron chi connectivity index (χ4n) is 0.822. The van der Waals surface area contributed by atoms with Crippen molar-refractivity contribution in [1.82, 2.24) is 0 Å². The van der Waals surface area contributed by atoms with E-state index in [1.54, 1.807) is 27.7 Å². The van der Waals surface area contributed by atoms with Gasteiger partial charge in [-0.25, -0.2) is 9.59 Å². The fraction of sp³-hybridized carbons (Fsp3) is 0.636. The Hall–Kier alpha value is -0.840. The number of rotatable bonds is 4. The quantitative estimate of drug-likeness (QED) is 0.453. The predicted octanol–water partition coefficient (Wildman–Crippen LogP) is 2.21. The zero-order chi connectivity index (χ0) is 12.8. The molecule has 4 nitrogen and oxygen atoms in total. The highest BCUT2D eigenvalue weighted by Gasteiger charge is 2.20. The lowest BCUT2D eigenvalue weighted by Gasteiger charge is -2.19. The molecule has 16 heavy (non-hydrogen) atoms. The van der Waals surface area contributed by atoms with E-state index in [2.05, 4.69) is 15.9 Å². The molecule has 0 aromatic heterocycles. The van der Waals surface area contributed by atoms with Crippen molar-refractivity contribution in [3.05, 3.63) is 11.6 Å². The molecule has 0 unspecified atom stereocenters. The summed E-state index contributed by atoms with van der Waals surface area (Å²) in [6, 6.07) is 0. The molecule has 0 aromatic carbocycles. The molecular weight excluding hydrogens is 276 g/mol.